The van der Waals surface area contributed by atoms with E-state index in [1.165, 1.54) is 23.9 Å². The second-order valence-corrected chi connectivity index (χ2v) is 9.17. The van der Waals surface area contributed by atoms with Crippen LogP contribution in [0.25, 0.3) is 0 Å². The van der Waals surface area contributed by atoms with Crippen LogP contribution in [-0.4, -0.2) is 22.5 Å². The minimum atomic E-state index is -0.571. The van der Waals surface area contributed by atoms with Crippen molar-refractivity contribution in [2.45, 2.75) is 19.2 Å². The van der Waals surface area contributed by atoms with Crippen molar-refractivity contribution in [3.63, 3.8) is 0 Å². The third-order valence-corrected chi connectivity index (χ3v) is 7.00. The number of hydrogen-bond acceptors (Lipinski definition) is 5. The quantitative estimate of drug-likeness (QED) is 0.362. The molecule has 9 heteroatoms. The van der Waals surface area contributed by atoms with Crippen LogP contribution in [0, 0.1) is 24.0 Å². The van der Waals surface area contributed by atoms with Crippen LogP contribution >= 0.6 is 23.4 Å². The molecule has 1 aliphatic heterocycles. The number of benzene rings is 3. The van der Waals surface area contributed by atoms with Gasteiger partial charge >= 0.3 is 0 Å². The zero-order valence-electron chi connectivity index (χ0n) is 17.9. The van der Waals surface area contributed by atoms with E-state index in [9.17, 15) is 19.7 Å². The summed E-state index contributed by atoms with van der Waals surface area (Å²) in [5, 5.41) is 13.5. The molecule has 1 fully saturated rings. The molecule has 33 heavy (non-hydrogen) atoms. The van der Waals surface area contributed by atoms with Gasteiger partial charge in [0.05, 0.1) is 21.3 Å². The van der Waals surface area contributed by atoms with Crippen LogP contribution in [-0.2, 0) is 4.79 Å². The van der Waals surface area contributed by atoms with Crippen molar-refractivity contribution in [3.8, 4) is 0 Å². The number of rotatable bonds is 5. The maximum absolute atomic E-state index is 12.7. The Labute approximate surface area is 199 Å². The minimum absolute atomic E-state index is 0.00397. The van der Waals surface area contributed by atoms with Crippen molar-refractivity contribution in [1.29, 1.82) is 0 Å². The first kappa shape index (κ1) is 22.8. The summed E-state index contributed by atoms with van der Waals surface area (Å²) in [6.45, 7) is 4.04. The summed E-state index contributed by atoms with van der Waals surface area (Å²) in [7, 11) is 0. The van der Waals surface area contributed by atoms with Gasteiger partial charge in [0.2, 0.25) is 5.91 Å². The van der Waals surface area contributed by atoms with Gasteiger partial charge < -0.3 is 5.32 Å². The smallest absolute Gasteiger partial charge is 0.270 e. The summed E-state index contributed by atoms with van der Waals surface area (Å²) >= 11 is 7.61. The van der Waals surface area contributed by atoms with Crippen molar-refractivity contribution >= 4 is 52.2 Å². The van der Waals surface area contributed by atoms with Crippen LogP contribution in [0.15, 0.2) is 60.7 Å². The van der Waals surface area contributed by atoms with Gasteiger partial charge in [-0.05, 0) is 60.9 Å². The number of carbonyl (C=O) groups is 2. The number of thioether (sulfide) groups is 1. The topological polar surface area (TPSA) is 92.6 Å². The molecule has 3 aromatic rings. The maximum Gasteiger partial charge on any atom is 0.270 e. The molecule has 3 aromatic carbocycles. The summed E-state index contributed by atoms with van der Waals surface area (Å²) in [5.74, 6) is -0.0828. The van der Waals surface area contributed by atoms with E-state index in [4.69, 9.17) is 11.6 Å². The number of nitro groups is 1. The standard InChI is InChI=1S/C24H20ClN3O4S/c1-14-6-7-18(10-15(14)2)27-22(29)13-33-24(27)16-4-3-5-17(11-16)26-23(30)20-9-8-19(28(31)32)12-21(20)25/h3-12,24H,13H2,1-2H3,(H,26,30)/t24-/m1/s1. The van der Waals surface area contributed by atoms with Gasteiger partial charge in [0.1, 0.15) is 5.37 Å². The number of aryl methyl sites for hydroxylation is 2. The van der Waals surface area contributed by atoms with Gasteiger partial charge in [0, 0.05) is 23.5 Å². The number of nitrogens with one attached hydrogen (secondary N) is 1. The van der Waals surface area contributed by atoms with Gasteiger partial charge in [0.25, 0.3) is 11.6 Å². The lowest BCUT2D eigenvalue weighted by molar-refractivity contribution is -0.384. The van der Waals surface area contributed by atoms with E-state index < -0.39 is 10.8 Å². The Hall–Kier alpha value is -3.36. The first-order valence-electron chi connectivity index (χ1n) is 10.1. The number of halogens is 1. The Morgan fingerprint density at radius 1 is 1.12 bits per heavy atom. The molecule has 1 aliphatic rings. The van der Waals surface area contributed by atoms with Crippen LogP contribution < -0.4 is 10.2 Å². The van der Waals surface area contributed by atoms with Crippen molar-refractivity contribution in [3.05, 3.63) is 98.1 Å². The molecule has 0 saturated carbocycles. The zero-order chi connectivity index (χ0) is 23.7. The number of non-ortho nitro benzene ring substituents is 1. The molecule has 0 bridgehead atoms. The molecule has 0 aromatic heterocycles. The van der Waals surface area contributed by atoms with Crippen LogP contribution in [0.4, 0.5) is 17.1 Å². The summed E-state index contributed by atoms with van der Waals surface area (Å²) < 4.78 is 0. The van der Waals surface area contributed by atoms with Gasteiger partial charge in [-0.15, -0.1) is 11.8 Å². The van der Waals surface area contributed by atoms with Crippen LogP contribution in [0.2, 0.25) is 5.02 Å². The van der Waals surface area contributed by atoms with E-state index in [2.05, 4.69) is 5.32 Å². The predicted molar refractivity (Wildman–Crippen MR) is 131 cm³/mol. The maximum atomic E-state index is 12.7. The highest BCUT2D eigenvalue weighted by atomic mass is 35.5. The SMILES string of the molecule is Cc1ccc(N2C(=O)CS[C@@H]2c2cccc(NC(=O)c3ccc([N+](=O)[O-])cc3Cl)c2)cc1C. The first-order valence-corrected chi connectivity index (χ1v) is 11.5. The summed E-state index contributed by atoms with van der Waals surface area (Å²) in [6.07, 6.45) is 0. The number of nitro benzene ring substituents is 1. The third-order valence-electron chi connectivity index (χ3n) is 5.47. The summed E-state index contributed by atoms with van der Waals surface area (Å²) in [4.78, 5) is 37.5. The van der Waals surface area contributed by atoms with Gasteiger partial charge in [-0.25, -0.2) is 0 Å². The van der Waals surface area contributed by atoms with Crippen LogP contribution in [0.1, 0.15) is 32.4 Å². The molecule has 1 heterocycles. The number of hydrogen-bond donors (Lipinski definition) is 1. The van der Waals surface area contributed by atoms with Crippen molar-refractivity contribution in [2.75, 3.05) is 16.0 Å². The Balaban J connectivity index is 1.58. The Kier molecular flexibility index (Phi) is 6.40. The average Bonchev–Trinajstić information content (AvgIpc) is 3.17. The van der Waals surface area contributed by atoms with E-state index in [1.54, 1.807) is 11.0 Å². The van der Waals surface area contributed by atoms with Gasteiger partial charge in [-0.2, -0.15) is 0 Å². The molecular formula is C24H20ClN3O4S. The number of nitrogens with zero attached hydrogens (tertiary/aromatic N) is 2. The van der Waals surface area contributed by atoms with Gasteiger partial charge in [0.15, 0.2) is 0 Å². The normalized spacial score (nSPS) is 15.5. The fourth-order valence-corrected chi connectivity index (χ4v) is 5.02. The molecule has 2 amide bonds. The lowest BCUT2D eigenvalue weighted by Gasteiger charge is -2.25. The van der Waals surface area contributed by atoms with Gasteiger partial charge in [-0.1, -0.05) is 29.8 Å². The lowest BCUT2D eigenvalue weighted by atomic mass is 10.1. The zero-order valence-corrected chi connectivity index (χ0v) is 19.4. The lowest BCUT2D eigenvalue weighted by Crippen LogP contribution is -2.28. The third kappa shape index (κ3) is 4.72. The number of carbonyl (C=O) groups excluding carboxylic acids is 2. The highest BCUT2D eigenvalue weighted by molar-refractivity contribution is 8.00. The number of anilines is 2. The second kappa shape index (κ2) is 9.25. The van der Waals surface area contributed by atoms with E-state index in [0.29, 0.717) is 11.4 Å². The van der Waals surface area contributed by atoms with E-state index in [-0.39, 0.29) is 27.6 Å². The molecule has 4 rings (SSSR count). The van der Waals surface area contributed by atoms with Crippen molar-refractivity contribution in [1.82, 2.24) is 0 Å². The van der Waals surface area contributed by atoms with Gasteiger partial charge in [-0.3, -0.25) is 24.6 Å². The molecule has 7 nitrogen and oxygen atoms in total. The number of amides is 2. The van der Waals surface area contributed by atoms with Crippen LogP contribution in [0.3, 0.4) is 0 Å². The summed E-state index contributed by atoms with van der Waals surface area (Å²) in [5.41, 5.74) is 4.46. The predicted octanol–water partition coefficient (Wildman–Crippen LogP) is 5.90. The highest BCUT2D eigenvalue weighted by Crippen LogP contribution is 2.42. The molecule has 0 unspecified atom stereocenters. The Bertz CT molecular complexity index is 1280. The molecule has 168 valence electrons. The fourth-order valence-electron chi connectivity index (χ4n) is 3.60. The molecule has 0 spiro atoms. The molecule has 1 atom stereocenters. The first-order chi connectivity index (χ1) is 15.7. The van der Waals surface area contributed by atoms with E-state index in [1.807, 2.05) is 50.2 Å². The second-order valence-electron chi connectivity index (χ2n) is 7.70. The Morgan fingerprint density at radius 3 is 2.61 bits per heavy atom. The molecule has 1 saturated heterocycles. The molecular weight excluding hydrogens is 462 g/mol. The largest absolute Gasteiger partial charge is 0.322 e. The van der Waals surface area contributed by atoms with Crippen molar-refractivity contribution in [2.24, 2.45) is 0 Å². The van der Waals surface area contributed by atoms with E-state index >= 15 is 0 Å². The average molecular weight is 482 g/mol. The van der Waals surface area contributed by atoms with Crippen molar-refractivity contribution < 1.29 is 14.5 Å². The molecule has 1 N–H and O–H groups in total. The molecule has 0 radical (unpaired) electrons. The van der Waals surface area contributed by atoms with E-state index in [0.717, 1.165) is 28.4 Å². The van der Waals surface area contributed by atoms with Crippen LogP contribution in [0.5, 0.6) is 0 Å². The fraction of sp³-hybridized carbons (Fsp3) is 0.167. The minimum Gasteiger partial charge on any atom is -0.322 e. The molecule has 0 aliphatic carbocycles. The summed E-state index contributed by atoms with van der Waals surface area (Å²) in [6, 6.07) is 17.0. The highest BCUT2D eigenvalue weighted by Gasteiger charge is 2.34. The Morgan fingerprint density at radius 2 is 1.91 bits per heavy atom. The monoisotopic (exact) mass is 481 g/mol.